The molecule has 0 bridgehead atoms. The molecule has 0 aliphatic carbocycles. The highest BCUT2D eigenvalue weighted by Gasteiger charge is 2.16. The first-order valence-corrected chi connectivity index (χ1v) is 9.17. The average Bonchev–Trinajstić information content (AvgIpc) is 3.30. The van der Waals surface area contributed by atoms with E-state index in [0.717, 1.165) is 17.1 Å². The van der Waals surface area contributed by atoms with Gasteiger partial charge in [-0.2, -0.15) is 4.68 Å². The predicted octanol–water partition coefficient (Wildman–Crippen LogP) is 3.95. The van der Waals surface area contributed by atoms with Crippen molar-refractivity contribution in [3.8, 4) is 17.2 Å². The van der Waals surface area contributed by atoms with E-state index in [9.17, 15) is 4.79 Å². The van der Waals surface area contributed by atoms with Gasteiger partial charge in [-0.1, -0.05) is 42.5 Å². The van der Waals surface area contributed by atoms with Crippen LogP contribution in [0.1, 0.15) is 28.9 Å². The van der Waals surface area contributed by atoms with Crippen molar-refractivity contribution < 1.29 is 9.53 Å². The molecule has 1 unspecified atom stereocenters. The van der Waals surface area contributed by atoms with Gasteiger partial charge in [0, 0.05) is 0 Å². The van der Waals surface area contributed by atoms with E-state index in [4.69, 9.17) is 4.74 Å². The van der Waals surface area contributed by atoms with Crippen LogP contribution in [0.2, 0.25) is 0 Å². The maximum Gasteiger partial charge on any atom is 0.253 e. The number of carbonyl (C=O) groups excluding carboxylic acids is 1. The van der Waals surface area contributed by atoms with Crippen molar-refractivity contribution in [1.29, 1.82) is 0 Å². The molecule has 4 aromatic rings. The lowest BCUT2D eigenvalue weighted by Crippen LogP contribution is -2.27. The third-order valence-corrected chi connectivity index (χ3v) is 4.45. The largest absolute Gasteiger partial charge is 0.457 e. The average molecular weight is 385 g/mol. The zero-order chi connectivity index (χ0) is 20.1. The summed E-state index contributed by atoms with van der Waals surface area (Å²) < 4.78 is 7.28. The number of hydrogen-bond acceptors (Lipinski definition) is 5. The molecule has 144 valence electrons. The lowest BCUT2D eigenvalue weighted by atomic mass is 10.1. The molecule has 4 rings (SSSR count). The molecule has 7 nitrogen and oxygen atoms in total. The van der Waals surface area contributed by atoms with E-state index in [-0.39, 0.29) is 11.9 Å². The van der Waals surface area contributed by atoms with Gasteiger partial charge in [-0.25, -0.2) is 0 Å². The Labute approximate surface area is 168 Å². The van der Waals surface area contributed by atoms with Crippen molar-refractivity contribution in [1.82, 2.24) is 25.5 Å². The summed E-state index contributed by atoms with van der Waals surface area (Å²) in [6, 6.07) is 24.3. The van der Waals surface area contributed by atoms with Gasteiger partial charge < -0.3 is 10.1 Å². The van der Waals surface area contributed by atoms with Crippen LogP contribution in [0.15, 0.2) is 85.2 Å². The first kappa shape index (κ1) is 18.4. The number of para-hydroxylation sites is 2. The Balaban J connectivity index is 1.46. The molecule has 7 heteroatoms. The van der Waals surface area contributed by atoms with Crippen molar-refractivity contribution in [3.63, 3.8) is 0 Å². The maximum atomic E-state index is 12.8. The highest BCUT2D eigenvalue weighted by molar-refractivity contribution is 5.97. The third kappa shape index (κ3) is 4.30. The fourth-order valence-electron chi connectivity index (χ4n) is 2.94. The molecule has 0 radical (unpaired) electrons. The van der Waals surface area contributed by atoms with E-state index in [1.807, 2.05) is 73.7 Å². The summed E-state index contributed by atoms with van der Waals surface area (Å²) in [5.74, 6) is 1.32. The zero-order valence-electron chi connectivity index (χ0n) is 15.8. The number of aromatic nitrogens is 4. The van der Waals surface area contributed by atoms with Crippen LogP contribution in [-0.4, -0.2) is 26.1 Å². The summed E-state index contributed by atoms with van der Waals surface area (Å²) >= 11 is 0. The number of benzene rings is 3. The molecular formula is C22H19N5O2. The summed E-state index contributed by atoms with van der Waals surface area (Å²) in [7, 11) is 0. The fourth-order valence-corrected chi connectivity index (χ4v) is 2.94. The Hall–Kier alpha value is -4.00. The maximum absolute atomic E-state index is 12.8. The van der Waals surface area contributed by atoms with E-state index >= 15 is 0 Å². The highest BCUT2D eigenvalue weighted by Crippen LogP contribution is 2.23. The van der Waals surface area contributed by atoms with Crippen LogP contribution in [0, 0.1) is 0 Å². The molecule has 0 aliphatic rings. The number of hydrogen-bond donors (Lipinski definition) is 1. The second-order valence-corrected chi connectivity index (χ2v) is 6.45. The molecule has 0 saturated heterocycles. The first-order valence-electron chi connectivity index (χ1n) is 9.17. The Kier molecular flexibility index (Phi) is 5.29. The van der Waals surface area contributed by atoms with Gasteiger partial charge in [-0.05, 0) is 59.3 Å². The van der Waals surface area contributed by atoms with Crippen LogP contribution in [0.5, 0.6) is 11.5 Å². The van der Waals surface area contributed by atoms with Gasteiger partial charge in [-0.15, -0.1) is 5.10 Å². The van der Waals surface area contributed by atoms with E-state index < -0.39 is 0 Å². The standard InChI is InChI=1S/C22H19N5O2/c1-16(17-11-13-19(14-12-17)29-18-7-3-2-4-8-18)24-22(28)20-9-5-6-10-21(20)27-15-23-25-26-27/h2-16H,1H3,(H,24,28). The van der Waals surface area contributed by atoms with E-state index in [0.29, 0.717) is 11.3 Å². The topological polar surface area (TPSA) is 81.9 Å². The second kappa shape index (κ2) is 8.35. The Bertz CT molecular complexity index is 1080. The van der Waals surface area contributed by atoms with Crippen molar-refractivity contribution in [2.75, 3.05) is 0 Å². The predicted molar refractivity (Wildman–Crippen MR) is 108 cm³/mol. The Morgan fingerprint density at radius 2 is 1.62 bits per heavy atom. The highest BCUT2D eigenvalue weighted by atomic mass is 16.5. The molecule has 3 aromatic carbocycles. The molecular weight excluding hydrogens is 366 g/mol. The molecule has 1 aromatic heterocycles. The van der Waals surface area contributed by atoms with Gasteiger partial charge in [0.15, 0.2) is 0 Å². The smallest absolute Gasteiger partial charge is 0.253 e. The van der Waals surface area contributed by atoms with Crippen LogP contribution < -0.4 is 10.1 Å². The molecule has 1 N–H and O–H groups in total. The van der Waals surface area contributed by atoms with Crippen molar-refractivity contribution >= 4 is 5.91 Å². The summed E-state index contributed by atoms with van der Waals surface area (Å²) in [5, 5.41) is 14.2. The van der Waals surface area contributed by atoms with Crippen molar-refractivity contribution in [2.24, 2.45) is 0 Å². The van der Waals surface area contributed by atoms with Crippen LogP contribution in [0.4, 0.5) is 0 Å². The minimum Gasteiger partial charge on any atom is -0.457 e. The number of amides is 1. The lowest BCUT2D eigenvalue weighted by molar-refractivity contribution is 0.0939. The van der Waals surface area contributed by atoms with Gasteiger partial charge in [0.1, 0.15) is 17.8 Å². The molecule has 29 heavy (non-hydrogen) atoms. The van der Waals surface area contributed by atoms with Crippen molar-refractivity contribution in [2.45, 2.75) is 13.0 Å². The van der Waals surface area contributed by atoms with Gasteiger partial charge in [-0.3, -0.25) is 4.79 Å². The molecule has 0 aliphatic heterocycles. The minimum absolute atomic E-state index is 0.185. The number of carbonyl (C=O) groups is 1. The third-order valence-electron chi connectivity index (χ3n) is 4.45. The van der Waals surface area contributed by atoms with Gasteiger partial charge in [0.2, 0.25) is 0 Å². The van der Waals surface area contributed by atoms with Crippen molar-refractivity contribution in [3.05, 3.63) is 96.3 Å². The minimum atomic E-state index is -0.201. The molecule has 0 spiro atoms. The van der Waals surface area contributed by atoms with Crippen LogP contribution in [0.3, 0.4) is 0 Å². The number of tetrazole rings is 1. The fraction of sp³-hybridized carbons (Fsp3) is 0.0909. The molecule has 1 amide bonds. The summed E-state index contributed by atoms with van der Waals surface area (Å²) in [6.45, 7) is 1.94. The van der Waals surface area contributed by atoms with Gasteiger partial charge in [0.05, 0.1) is 17.3 Å². The van der Waals surface area contributed by atoms with E-state index in [2.05, 4.69) is 20.8 Å². The summed E-state index contributed by atoms with van der Waals surface area (Å²) in [5.41, 5.74) is 2.09. The first-order chi connectivity index (χ1) is 14.2. The number of rotatable bonds is 6. The Morgan fingerprint density at radius 1 is 0.931 bits per heavy atom. The van der Waals surface area contributed by atoms with Crippen LogP contribution >= 0.6 is 0 Å². The number of nitrogens with one attached hydrogen (secondary N) is 1. The van der Waals surface area contributed by atoms with Gasteiger partial charge >= 0.3 is 0 Å². The lowest BCUT2D eigenvalue weighted by Gasteiger charge is -2.16. The second-order valence-electron chi connectivity index (χ2n) is 6.45. The SMILES string of the molecule is CC(NC(=O)c1ccccc1-n1cnnn1)c1ccc(Oc2ccccc2)cc1. The van der Waals surface area contributed by atoms with E-state index in [1.54, 1.807) is 12.1 Å². The normalized spacial score (nSPS) is 11.6. The number of ether oxygens (including phenoxy) is 1. The monoisotopic (exact) mass is 385 g/mol. The summed E-state index contributed by atoms with van der Waals surface area (Å²) in [4.78, 5) is 12.8. The van der Waals surface area contributed by atoms with Crippen LogP contribution in [0.25, 0.3) is 5.69 Å². The van der Waals surface area contributed by atoms with Gasteiger partial charge in [0.25, 0.3) is 5.91 Å². The Morgan fingerprint density at radius 3 is 2.34 bits per heavy atom. The molecule has 0 fully saturated rings. The zero-order valence-corrected chi connectivity index (χ0v) is 15.8. The quantitative estimate of drug-likeness (QED) is 0.544. The number of nitrogens with zero attached hydrogens (tertiary/aromatic N) is 4. The van der Waals surface area contributed by atoms with Crippen LogP contribution in [-0.2, 0) is 0 Å². The molecule has 0 saturated carbocycles. The summed E-state index contributed by atoms with van der Waals surface area (Å²) in [6.07, 6.45) is 1.46. The van der Waals surface area contributed by atoms with E-state index in [1.165, 1.54) is 11.0 Å². The molecule has 1 heterocycles. The molecule has 1 atom stereocenters.